The van der Waals surface area contributed by atoms with Gasteiger partial charge in [-0.3, -0.25) is 0 Å². The molecule has 2 aromatic rings. The van der Waals surface area contributed by atoms with Gasteiger partial charge in [-0.1, -0.05) is 0 Å². The third-order valence-electron chi connectivity index (χ3n) is 3.25. The molecule has 0 aromatic carbocycles. The molecular formula is C13H16N2O4S. The van der Waals surface area contributed by atoms with Gasteiger partial charge in [-0.05, 0) is 19.1 Å². The van der Waals surface area contributed by atoms with E-state index >= 15 is 0 Å². The Morgan fingerprint density at radius 2 is 2.05 bits per heavy atom. The topological polar surface area (TPSA) is 87.2 Å². The Labute approximate surface area is 120 Å². The first-order valence-corrected chi connectivity index (χ1v) is 7.37. The van der Waals surface area contributed by atoms with Crippen LogP contribution in [0.25, 0.3) is 5.65 Å². The maximum atomic E-state index is 9.91. The fraction of sp³-hybridized carbons (Fsp3) is 0.462. The number of fused-ring (bicyclic) bond motifs is 1. The highest BCUT2D eigenvalue weighted by Crippen LogP contribution is 2.29. The van der Waals surface area contributed by atoms with Crippen LogP contribution in [0.3, 0.4) is 0 Å². The number of imidazole rings is 1. The summed E-state index contributed by atoms with van der Waals surface area (Å²) in [6.45, 7) is 1.91. The van der Waals surface area contributed by atoms with E-state index in [1.165, 1.54) is 11.8 Å². The third kappa shape index (κ3) is 2.49. The van der Waals surface area contributed by atoms with Gasteiger partial charge in [-0.2, -0.15) is 0 Å². The Kier molecular flexibility index (Phi) is 3.59. The van der Waals surface area contributed by atoms with Gasteiger partial charge in [0.25, 0.3) is 0 Å². The van der Waals surface area contributed by atoms with Crippen LogP contribution in [0.15, 0.2) is 24.5 Å². The number of rotatable bonds is 2. The molecule has 2 aromatic heterocycles. The number of nitrogens with zero attached hydrogens (tertiary/aromatic N) is 2. The second-order valence-electron chi connectivity index (χ2n) is 4.88. The molecule has 0 radical (unpaired) electrons. The van der Waals surface area contributed by atoms with Crippen LogP contribution in [-0.4, -0.2) is 54.2 Å². The van der Waals surface area contributed by atoms with E-state index in [0.717, 1.165) is 11.3 Å². The van der Waals surface area contributed by atoms with Gasteiger partial charge >= 0.3 is 0 Å². The molecule has 3 N–H and O–H groups in total. The van der Waals surface area contributed by atoms with Gasteiger partial charge in [0.05, 0.1) is 18.0 Å². The van der Waals surface area contributed by atoms with Crippen molar-refractivity contribution >= 4 is 17.4 Å². The van der Waals surface area contributed by atoms with E-state index in [2.05, 4.69) is 4.98 Å². The number of hydrogen-bond acceptors (Lipinski definition) is 6. The molecule has 1 aliphatic rings. The van der Waals surface area contributed by atoms with Crippen molar-refractivity contribution in [2.75, 3.05) is 5.75 Å². The van der Waals surface area contributed by atoms with Crippen LogP contribution in [0.1, 0.15) is 5.69 Å². The average molecular weight is 296 g/mol. The number of thioether (sulfide) groups is 1. The standard InChI is InChI=1S/C13H16N2O4S/c1-7-4-15-5-8(2-3-10(15)14-7)19-13-12(18)11(17)9(16)6-20-13/h2-5,9,11-13,16-18H,6H2,1H3/t9-,11+,12-,13+/m1/s1. The van der Waals surface area contributed by atoms with Crippen LogP contribution in [0.2, 0.25) is 0 Å². The molecule has 0 bridgehead atoms. The first-order valence-electron chi connectivity index (χ1n) is 6.32. The second-order valence-corrected chi connectivity index (χ2v) is 6.01. The smallest absolute Gasteiger partial charge is 0.173 e. The SMILES string of the molecule is Cc1cn2cc(O[C@H]3SC[C@@H](O)[C@H](O)[C@H]3O)ccc2n1. The molecule has 3 rings (SSSR count). The highest BCUT2D eigenvalue weighted by atomic mass is 32.2. The molecule has 4 atom stereocenters. The quantitative estimate of drug-likeness (QED) is 0.733. The van der Waals surface area contributed by atoms with E-state index < -0.39 is 23.7 Å². The van der Waals surface area contributed by atoms with Crippen molar-refractivity contribution in [3.8, 4) is 5.75 Å². The number of aliphatic hydroxyl groups excluding tert-OH is 3. The number of ether oxygens (including phenoxy) is 1. The van der Waals surface area contributed by atoms with Crippen molar-refractivity contribution in [2.24, 2.45) is 0 Å². The van der Waals surface area contributed by atoms with Gasteiger partial charge in [0.2, 0.25) is 0 Å². The van der Waals surface area contributed by atoms with E-state index in [-0.39, 0.29) is 0 Å². The summed E-state index contributed by atoms with van der Waals surface area (Å²) in [5.74, 6) is 0.907. The number of hydrogen-bond donors (Lipinski definition) is 3. The Hall–Kier alpha value is -1.28. The van der Waals surface area contributed by atoms with Gasteiger partial charge in [0.15, 0.2) is 5.44 Å². The summed E-state index contributed by atoms with van der Waals surface area (Å²) in [5.41, 5.74) is 1.13. The van der Waals surface area contributed by atoms with Gasteiger partial charge in [-0.15, -0.1) is 11.8 Å². The molecule has 0 aliphatic carbocycles. The van der Waals surface area contributed by atoms with E-state index in [9.17, 15) is 15.3 Å². The number of pyridine rings is 1. The van der Waals surface area contributed by atoms with Gasteiger partial charge in [-0.25, -0.2) is 4.98 Å². The molecule has 7 heteroatoms. The summed E-state index contributed by atoms with van der Waals surface area (Å²) < 4.78 is 7.54. The number of aliphatic hydroxyl groups is 3. The van der Waals surface area contributed by atoms with E-state index in [4.69, 9.17) is 4.74 Å². The fourth-order valence-corrected chi connectivity index (χ4v) is 3.31. The summed E-state index contributed by atoms with van der Waals surface area (Å²) in [6, 6.07) is 3.60. The molecule has 108 valence electrons. The molecule has 0 saturated carbocycles. The summed E-state index contributed by atoms with van der Waals surface area (Å²) in [7, 11) is 0. The zero-order valence-electron chi connectivity index (χ0n) is 10.9. The van der Waals surface area contributed by atoms with Crippen molar-refractivity contribution in [2.45, 2.75) is 30.7 Å². The minimum atomic E-state index is -1.18. The second kappa shape index (κ2) is 5.25. The Morgan fingerprint density at radius 1 is 1.25 bits per heavy atom. The minimum Gasteiger partial charge on any atom is -0.475 e. The molecule has 1 fully saturated rings. The summed E-state index contributed by atoms with van der Waals surface area (Å²) in [5, 5.41) is 29.1. The largest absolute Gasteiger partial charge is 0.475 e. The monoisotopic (exact) mass is 296 g/mol. The average Bonchev–Trinajstić information content (AvgIpc) is 2.79. The minimum absolute atomic E-state index is 0.329. The lowest BCUT2D eigenvalue weighted by atomic mass is 10.1. The van der Waals surface area contributed by atoms with Crippen molar-refractivity contribution in [1.82, 2.24) is 9.38 Å². The van der Waals surface area contributed by atoms with Gasteiger partial charge < -0.3 is 24.5 Å². The van der Waals surface area contributed by atoms with E-state index in [1.54, 1.807) is 12.3 Å². The van der Waals surface area contributed by atoms with Crippen molar-refractivity contribution in [1.29, 1.82) is 0 Å². The Balaban J connectivity index is 1.78. The van der Waals surface area contributed by atoms with Crippen LogP contribution in [0.4, 0.5) is 0 Å². The fourth-order valence-electron chi connectivity index (χ4n) is 2.19. The molecule has 1 saturated heterocycles. The first-order chi connectivity index (χ1) is 9.54. The number of aromatic nitrogens is 2. The molecule has 20 heavy (non-hydrogen) atoms. The van der Waals surface area contributed by atoms with E-state index in [0.29, 0.717) is 11.5 Å². The third-order valence-corrected chi connectivity index (χ3v) is 4.49. The predicted molar refractivity (Wildman–Crippen MR) is 74.8 cm³/mol. The van der Waals surface area contributed by atoms with Crippen LogP contribution in [-0.2, 0) is 0 Å². The number of aryl methyl sites for hydroxylation is 1. The molecule has 0 spiro atoms. The van der Waals surface area contributed by atoms with Gasteiger partial charge in [0, 0.05) is 11.9 Å². The van der Waals surface area contributed by atoms with E-state index in [1.807, 2.05) is 23.6 Å². The summed E-state index contributed by atoms with van der Waals surface area (Å²) >= 11 is 1.28. The molecule has 0 unspecified atom stereocenters. The maximum Gasteiger partial charge on any atom is 0.173 e. The molecule has 6 nitrogen and oxygen atoms in total. The van der Waals surface area contributed by atoms with Gasteiger partial charge in [0.1, 0.15) is 23.6 Å². The molecular weight excluding hydrogens is 280 g/mol. The Bertz CT molecular complexity index is 617. The maximum absolute atomic E-state index is 9.91. The van der Waals surface area contributed by atoms with Crippen LogP contribution in [0.5, 0.6) is 5.75 Å². The van der Waals surface area contributed by atoms with Crippen molar-refractivity contribution < 1.29 is 20.1 Å². The zero-order chi connectivity index (χ0) is 14.3. The lowest BCUT2D eigenvalue weighted by Crippen LogP contribution is -2.50. The first kappa shape index (κ1) is 13.7. The molecule has 3 heterocycles. The molecule has 1 aliphatic heterocycles. The van der Waals surface area contributed by atoms with Crippen LogP contribution < -0.4 is 4.74 Å². The Morgan fingerprint density at radius 3 is 2.85 bits per heavy atom. The molecule has 0 amide bonds. The highest BCUT2D eigenvalue weighted by molar-refractivity contribution is 7.99. The highest BCUT2D eigenvalue weighted by Gasteiger charge is 2.38. The lowest BCUT2D eigenvalue weighted by molar-refractivity contribution is -0.0786. The van der Waals surface area contributed by atoms with Crippen LogP contribution >= 0.6 is 11.8 Å². The van der Waals surface area contributed by atoms with Crippen molar-refractivity contribution in [3.63, 3.8) is 0 Å². The summed E-state index contributed by atoms with van der Waals surface area (Å²) in [4.78, 5) is 4.32. The van der Waals surface area contributed by atoms with Crippen LogP contribution in [0, 0.1) is 6.92 Å². The zero-order valence-corrected chi connectivity index (χ0v) is 11.7. The predicted octanol–water partition coefficient (Wildman–Crippen LogP) is 0.177. The normalized spacial score (nSPS) is 30.6. The van der Waals surface area contributed by atoms with Crippen molar-refractivity contribution in [3.05, 3.63) is 30.2 Å². The lowest BCUT2D eigenvalue weighted by Gasteiger charge is -2.34. The summed E-state index contributed by atoms with van der Waals surface area (Å²) in [6.07, 6.45) is 0.434.